The summed E-state index contributed by atoms with van der Waals surface area (Å²) in [6, 6.07) is 5.05. The molecule has 2 rings (SSSR count). The topological polar surface area (TPSA) is 55.2 Å². The summed E-state index contributed by atoms with van der Waals surface area (Å²) in [7, 11) is 0. The number of nitro groups is 1. The lowest BCUT2D eigenvalue weighted by molar-refractivity contribution is -0.385. The molecule has 1 aliphatic rings. The van der Waals surface area contributed by atoms with E-state index in [0.717, 1.165) is 16.6 Å². The first-order valence-electron chi connectivity index (χ1n) is 5.63. The predicted molar refractivity (Wildman–Crippen MR) is 69.8 cm³/mol. The molecule has 0 aliphatic heterocycles. The van der Waals surface area contributed by atoms with Gasteiger partial charge in [-0.1, -0.05) is 22.9 Å². The number of nitrogens with one attached hydrogen (secondary N) is 1. The van der Waals surface area contributed by atoms with Gasteiger partial charge in [-0.25, -0.2) is 0 Å². The lowest BCUT2D eigenvalue weighted by atomic mass is 10.1. The number of hydrogen-bond donors (Lipinski definition) is 1. The van der Waals surface area contributed by atoms with E-state index in [-0.39, 0.29) is 10.6 Å². The second kappa shape index (κ2) is 4.74. The van der Waals surface area contributed by atoms with Crippen LogP contribution in [0.3, 0.4) is 0 Å². The fourth-order valence-corrected chi connectivity index (χ4v) is 2.27. The Hall–Kier alpha value is -0.940. The second-order valence-corrected chi connectivity index (χ2v) is 5.90. The Balaban J connectivity index is 1.97. The largest absolute Gasteiger partial charge is 0.312 e. The zero-order valence-corrected chi connectivity index (χ0v) is 11.3. The minimum Gasteiger partial charge on any atom is -0.312 e. The van der Waals surface area contributed by atoms with Crippen molar-refractivity contribution in [2.75, 3.05) is 6.54 Å². The Morgan fingerprint density at radius 2 is 2.18 bits per heavy atom. The summed E-state index contributed by atoms with van der Waals surface area (Å²) in [6.45, 7) is 3.91. The smallest absolute Gasteiger partial charge is 0.270 e. The van der Waals surface area contributed by atoms with Crippen LogP contribution in [0.25, 0.3) is 0 Å². The molecule has 5 heteroatoms. The monoisotopic (exact) mass is 298 g/mol. The minimum absolute atomic E-state index is 0.133. The maximum atomic E-state index is 10.7. The molecular weight excluding hydrogens is 284 g/mol. The average Bonchev–Trinajstić information content (AvgIpc) is 2.95. The minimum atomic E-state index is -0.365. The Bertz CT molecular complexity index is 444. The highest BCUT2D eigenvalue weighted by molar-refractivity contribution is 9.10. The zero-order chi connectivity index (χ0) is 12.5. The first-order chi connectivity index (χ1) is 7.98. The van der Waals surface area contributed by atoms with Gasteiger partial charge < -0.3 is 5.32 Å². The number of nitro benzene ring substituents is 1. The quantitative estimate of drug-likeness (QED) is 0.670. The molecule has 17 heavy (non-hydrogen) atoms. The van der Waals surface area contributed by atoms with E-state index in [4.69, 9.17) is 0 Å². The van der Waals surface area contributed by atoms with E-state index in [1.54, 1.807) is 6.07 Å². The SMILES string of the molecule is CC1(CNCc2cc(Br)cc([N+](=O)[O-])c2)CC1. The van der Waals surface area contributed by atoms with Crippen molar-refractivity contribution in [3.05, 3.63) is 38.3 Å². The summed E-state index contributed by atoms with van der Waals surface area (Å²) in [5, 5.41) is 14.1. The molecule has 1 N–H and O–H groups in total. The van der Waals surface area contributed by atoms with E-state index >= 15 is 0 Å². The Morgan fingerprint density at radius 3 is 2.76 bits per heavy atom. The Morgan fingerprint density at radius 1 is 1.47 bits per heavy atom. The van der Waals surface area contributed by atoms with Crippen LogP contribution in [-0.2, 0) is 6.54 Å². The molecule has 0 unspecified atom stereocenters. The van der Waals surface area contributed by atoms with E-state index in [1.165, 1.54) is 18.9 Å². The zero-order valence-electron chi connectivity index (χ0n) is 9.70. The third kappa shape index (κ3) is 3.51. The highest BCUT2D eigenvalue weighted by atomic mass is 79.9. The van der Waals surface area contributed by atoms with Gasteiger partial charge in [0, 0.05) is 29.7 Å². The molecule has 0 atom stereocenters. The standard InChI is InChI=1S/C12H15BrN2O2/c1-12(2-3-12)8-14-7-9-4-10(13)6-11(5-9)15(16)17/h4-6,14H,2-3,7-8H2,1H3. The van der Waals surface area contributed by atoms with Gasteiger partial charge in [0.25, 0.3) is 5.69 Å². The van der Waals surface area contributed by atoms with Gasteiger partial charge in [-0.2, -0.15) is 0 Å². The van der Waals surface area contributed by atoms with Crippen molar-refractivity contribution in [1.82, 2.24) is 5.32 Å². The van der Waals surface area contributed by atoms with Crippen LogP contribution in [0.4, 0.5) is 5.69 Å². The van der Waals surface area contributed by atoms with Gasteiger partial charge >= 0.3 is 0 Å². The van der Waals surface area contributed by atoms with Gasteiger partial charge in [-0.05, 0) is 29.9 Å². The first kappa shape index (κ1) is 12.5. The van der Waals surface area contributed by atoms with Gasteiger partial charge in [-0.3, -0.25) is 10.1 Å². The molecule has 0 radical (unpaired) electrons. The summed E-state index contributed by atoms with van der Waals surface area (Å²) < 4.78 is 0.751. The van der Waals surface area contributed by atoms with Crippen LogP contribution >= 0.6 is 15.9 Å². The molecule has 1 fully saturated rings. The van der Waals surface area contributed by atoms with Gasteiger partial charge in [0.05, 0.1) is 4.92 Å². The molecule has 0 bridgehead atoms. The van der Waals surface area contributed by atoms with E-state index in [2.05, 4.69) is 28.2 Å². The van der Waals surface area contributed by atoms with Gasteiger partial charge in [-0.15, -0.1) is 0 Å². The van der Waals surface area contributed by atoms with Gasteiger partial charge in [0.1, 0.15) is 0 Å². The molecule has 0 amide bonds. The second-order valence-electron chi connectivity index (χ2n) is 4.99. The van der Waals surface area contributed by atoms with Crippen LogP contribution in [0.15, 0.2) is 22.7 Å². The number of hydrogen-bond acceptors (Lipinski definition) is 3. The van der Waals surface area contributed by atoms with Crippen molar-refractivity contribution in [2.24, 2.45) is 5.41 Å². The van der Waals surface area contributed by atoms with Crippen LogP contribution in [0.1, 0.15) is 25.3 Å². The van der Waals surface area contributed by atoms with Crippen LogP contribution in [0.5, 0.6) is 0 Å². The summed E-state index contributed by atoms with van der Waals surface area (Å²) >= 11 is 3.29. The highest BCUT2D eigenvalue weighted by Gasteiger charge is 2.36. The molecule has 1 aliphatic carbocycles. The van der Waals surface area contributed by atoms with Gasteiger partial charge in [0.15, 0.2) is 0 Å². The molecule has 4 nitrogen and oxygen atoms in total. The van der Waals surface area contributed by atoms with Gasteiger partial charge in [0.2, 0.25) is 0 Å². The highest BCUT2D eigenvalue weighted by Crippen LogP contribution is 2.44. The number of benzene rings is 1. The van der Waals surface area contributed by atoms with Crippen molar-refractivity contribution in [3.8, 4) is 0 Å². The molecule has 0 aromatic heterocycles. The lowest BCUT2D eigenvalue weighted by Crippen LogP contribution is -2.21. The Kier molecular flexibility index (Phi) is 3.49. The van der Waals surface area contributed by atoms with E-state index in [9.17, 15) is 10.1 Å². The number of non-ortho nitro benzene ring substituents is 1. The van der Waals surface area contributed by atoms with Crippen molar-refractivity contribution in [2.45, 2.75) is 26.3 Å². The molecule has 1 aromatic rings. The van der Waals surface area contributed by atoms with Crippen molar-refractivity contribution >= 4 is 21.6 Å². The lowest BCUT2D eigenvalue weighted by Gasteiger charge is -2.10. The molecule has 1 saturated carbocycles. The Labute approximate surface area is 109 Å². The van der Waals surface area contributed by atoms with E-state index in [0.29, 0.717) is 12.0 Å². The van der Waals surface area contributed by atoms with Crippen LogP contribution < -0.4 is 5.32 Å². The van der Waals surface area contributed by atoms with Crippen molar-refractivity contribution in [3.63, 3.8) is 0 Å². The molecule has 1 aromatic carbocycles. The molecule has 0 saturated heterocycles. The molecule has 92 valence electrons. The van der Waals surface area contributed by atoms with Crippen molar-refractivity contribution in [1.29, 1.82) is 0 Å². The predicted octanol–water partition coefficient (Wildman–Crippen LogP) is 3.25. The van der Waals surface area contributed by atoms with Crippen LogP contribution in [0, 0.1) is 15.5 Å². The number of nitrogens with zero attached hydrogens (tertiary/aromatic N) is 1. The fourth-order valence-electron chi connectivity index (χ4n) is 1.74. The average molecular weight is 299 g/mol. The van der Waals surface area contributed by atoms with Crippen LogP contribution in [0.2, 0.25) is 0 Å². The third-order valence-electron chi connectivity index (χ3n) is 3.14. The summed E-state index contributed by atoms with van der Waals surface area (Å²) in [5.41, 5.74) is 1.53. The number of halogens is 1. The maximum absolute atomic E-state index is 10.7. The third-order valence-corrected chi connectivity index (χ3v) is 3.60. The molecular formula is C12H15BrN2O2. The van der Waals surface area contributed by atoms with Crippen molar-refractivity contribution < 1.29 is 4.92 Å². The summed E-state index contributed by atoms with van der Waals surface area (Å²) in [6.07, 6.45) is 2.55. The first-order valence-corrected chi connectivity index (χ1v) is 6.42. The number of rotatable bonds is 5. The fraction of sp³-hybridized carbons (Fsp3) is 0.500. The van der Waals surface area contributed by atoms with Crippen LogP contribution in [-0.4, -0.2) is 11.5 Å². The van der Waals surface area contributed by atoms with E-state index < -0.39 is 0 Å². The van der Waals surface area contributed by atoms with E-state index in [1.807, 2.05) is 6.07 Å². The molecule has 0 spiro atoms. The normalized spacial score (nSPS) is 16.8. The molecule has 0 heterocycles. The maximum Gasteiger partial charge on any atom is 0.270 e. The summed E-state index contributed by atoms with van der Waals surface area (Å²) in [4.78, 5) is 10.3. The summed E-state index contributed by atoms with van der Waals surface area (Å²) in [5.74, 6) is 0.